The molecule has 0 amide bonds. The van der Waals surface area contributed by atoms with E-state index in [9.17, 15) is 19.8 Å². The van der Waals surface area contributed by atoms with Gasteiger partial charge in [-0.2, -0.15) is 0 Å². The molecule has 0 bridgehead atoms. The van der Waals surface area contributed by atoms with Gasteiger partial charge in [0.05, 0.1) is 13.5 Å². The highest BCUT2D eigenvalue weighted by Gasteiger charge is 2.33. The van der Waals surface area contributed by atoms with Gasteiger partial charge in [-0.25, -0.2) is 0 Å². The summed E-state index contributed by atoms with van der Waals surface area (Å²) in [6.45, 7) is 0. The van der Waals surface area contributed by atoms with E-state index in [2.05, 4.69) is 0 Å². The number of carbonyl (C=O) groups excluding carboxylic acids is 1. The molecule has 4 aromatic rings. The molecule has 7 heteroatoms. The maximum Gasteiger partial charge on any atom is 0.312 e. The molecule has 0 saturated heterocycles. The first-order valence-electron chi connectivity index (χ1n) is 9.93. The summed E-state index contributed by atoms with van der Waals surface area (Å²) in [5, 5.41) is 20.7. The first-order valence-corrected chi connectivity index (χ1v) is 9.93. The summed E-state index contributed by atoms with van der Waals surface area (Å²) in [5.41, 5.74) is 1.50. The Bertz CT molecular complexity index is 1420. The molecule has 32 heavy (non-hydrogen) atoms. The molecule has 160 valence electrons. The van der Waals surface area contributed by atoms with Crippen molar-refractivity contribution in [2.45, 2.75) is 12.3 Å². The van der Waals surface area contributed by atoms with Crippen LogP contribution in [0.4, 0.5) is 0 Å². The van der Waals surface area contributed by atoms with Gasteiger partial charge in [-0.1, -0.05) is 30.3 Å². The summed E-state index contributed by atoms with van der Waals surface area (Å²) in [6, 6.07) is 16.5. The van der Waals surface area contributed by atoms with Crippen LogP contribution in [0.2, 0.25) is 0 Å². The lowest BCUT2D eigenvalue weighted by molar-refractivity contribution is -0.135. The SMILES string of the molecule is COc1ccc(-c2cc(=O)c3c(O)cc4c(c3o2)[C@@H](c2ccccc2)CC(=O)O4)cc1O. The van der Waals surface area contributed by atoms with Crippen molar-refractivity contribution in [2.75, 3.05) is 7.11 Å². The van der Waals surface area contributed by atoms with E-state index in [4.69, 9.17) is 13.9 Å². The summed E-state index contributed by atoms with van der Waals surface area (Å²) in [6.07, 6.45) is 0.0636. The van der Waals surface area contributed by atoms with E-state index < -0.39 is 17.3 Å². The predicted molar refractivity (Wildman–Crippen MR) is 116 cm³/mol. The Labute approximate surface area is 182 Å². The third kappa shape index (κ3) is 3.15. The van der Waals surface area contributed by atoms with Crippen molar-refractivity contribution in [1.29, 1.82) is 0 Å². The summed E-state index contributed by atoms with van der Waals surface area (Å²) < 4.78 is 16.6. The topological polar surface area (TPSA) is 106 Å². The number of phenols is 2. The Hall–Kier alpha value is -4.26. The molecule has 0 spiro atoms. The number of ether oxygens (including phenoxy) is 2. The van der Waals surface area contributed by atoms with Crippen LogP contribution in [-0.4, -0.2) is 23.3 Å². The Kier molecular flexibility index (Phi) is 4.59. The highest BCUT2D eigenvalue weighted by Crippen LogP contribution is 2.46. The van der Waals surface area contributed by atoms with Crippen LogP contribution in [0.15, 0.2) is 69.9 Å². The number of benzene rings is 3. The highest BCUT2D eigenvalue weighted by atomic mass is 16.5. The van der Waals surface area contributed by atoms with E-state index in [0.717, 1.165) is 5.56 Å². The smallest absolute Gasteiger partial charge is 0.312 e. The van der Waals surface area contributed by atoms with Gasteiger partial charge >= 0.3 is 5.97 Å². The Morgan fingerprint density at radius 3 is 2.47 bits per heavy atom. The molecule has 2 N–H and O–H groups in total. The van der Waals surface area contributed by atoms with Gasteiger partial charge < -0.3 is 24.1 Å². The molecule has 0 radical (unpaired) electrons. The van der Waals surface area contributed by atoms with E-state index >= 15 is 0 Å². The summed E-state index contributed by atoms with van der Waals surface area (Å²) in [5.74, 6) is -0.681. The molecule has 0 fully saturated rings. The minimum atomic E-state index is -0.458. The van der Waals surface area contributed by atoms with Crippen molar-refractivity contribution in [2.24, 2.45) is 0 Å². The number of aromatic hydroxyl groups is 2. The number of phenolic OH excluding ortho intramolecular Hbond substituents is 2. The van der Waals surface area contributed by atoms with Crippen LogP contribution in [0.1, 0.15) is 23.5 Å². The van der Waals surface area contributed by atoms with Crippen molar-refractivity contribution < 1.29 is 28.9 Å². The van der Waals surface area contributed by atoms with Crippen LogP contribution in [-0.2, 0) is 4.79 Å². The predicted octanol–water partition coefficient (Wildman–Crippen LogP) is 4.32. The van der Waals surface area contributed by atoms with Crippen LogP contribution >= 0.6 is 0 Å². The zero-order valence-corrected chi connectivity index (χ0v) is 17.0. The average Bonchev–Trinajstić information content (AvgIpc) is 2.78. The number of fused-ring (bicyclic) bond motifs is 3. The standard InChI is InChI=1S/C25H18O7/c1-30-19-8-7-14(9-16(19)26)20-11-17(27)24-18(28)12-21-23(25(24)32-20)15(10-22(29)31-21)13-5-3-2-4-6-13/h2-9,11-12,15,26,28H,10H2,1H3/t15-/m1/s1. The highest BCUT2D eigenvalue weighted by molar-refractivity contribution is 5.93. The van der Waals surface area contributed by atoms with Gasteiger partial charge in [0.15, 0.2) is 16.9 Å². The van der Waals surface area contributed by atoms with Gasteiger partial charge in [-0.3, -0.25) is 9.59 Å². The van der Waals surface area contributed by atoms with Crippen LogP contribution in [0.3, 0.4) is 0 Å². The van der Waals surface area contributed by atoms with Crippen LogP contribution < -0.4 is 14.9 Å². The number of rotatable bonds is 3. The zero-order chi connectivity index (χ0) is 22.4. The molecular formula is C25H18O7. The Morgan fingerprint density at radius 2 is 1.75 bits per heavy atom. The number of carbonyl (C=O) groups is 1. The first-order chi connectivity index (χ1) is 15.5. The molecule has 0 saturated carbocycles. The second-order valence-electron chi connectivity index (χ2n) is 7.51. The maximum absolute atomic E-state index is 13.0. The summed E-state index contributed by atoms with van der Waals surface area (Å²) >= 11 is 0. The molecule has 0 unspecified atom stereocenters. The van der Waals surface area contributed by atoms with Gasteiger partial charge in [0.25, 0.3) is 0 Å². The second kappa shape index (κ2) is 7.46. The van der Waals surface area contributed by atoms with Gasteiger partial charge in [-0.15, -0.1) is 0 Å². The minimum Gasteiger partial charge on any atom is -0.507 e. The van der Waals surface area contributed by atoms with Crippen molar-refractivity contribution >= 4 is 16.9 Å². The molecular weight excluding hydrogens is 412 g/mol. The molecule has 5 rings (SSSR count). The van der Waals surface area contributed by atoms with Crippen LogP contribution in [0, 0.1) is 0 Å². The maximum atomic E-state index is 13.0. The van der Waals surface area contributed by atoms with Crippen molar-refractivity contribution in [3.63, 3.8) is 0 Å². The molecule has 1 aliphatic heterocycles. The third-order valence-corrected chi connectivity index (χ3v) is 5.59. The average molecular weight is 430 g/mol. The number of esters is 1. The summed E-state index contributed by atoms with van der Waals surface area (Å²) in [7, 11) is 1.44. The van der Waals surface area contributed by atoms with Crippen molar-refractivity contribution in [3.8, 4) is 34.3 Å². The van der Waals surface area contributed by atoms with Crippen molar-refractivity contribution in [3.05, 3.63) is 82.0 Å². The lowest BCUT2D eigenvalue weighted by Gasteiger charge is -2.26. The van der Waals surface area contributed by atoms with E-state index in [1.54, 1.807) is 12.1 Å². The van der Waals surface area contributed by atoms with E-state index in [-0.39, 0.29) is 46.1 Å². The molecule has 1 atom stereocenters. The Morgan fingerprint density at radius 1 is 0.969 bits per heavy atom. The fraction of sp³-hybridized carbons (Fsp3) is 0.120. The molecule has 7 nitrogen and oxygen atoms in total. The normalized spacial score (nSPS) is 15.3. The quantitative estimate of drug-likeness (QED) is 0.368. The van der Waals surface area contributed by atoms with Gasteiger partial charge in [-0.05, 0) is 23.8 Å². The minimum absolute atomic E-state index is 0.00381. The van der Waals surface area contributed by atoms with Gasteiger partial charge in [0.1, 0.15) is 28.2 Å². The van der Waals surface area contributed by atoms with E-state index in [1.165, 1.54) is 25.3 Å². The fourth-order valence-electron chi connectivity index (χ4n) is 4.11. The zero-order valence-electron chi connectivity index (χ0n) is 17.0. The summed E-state index contributed by atoms with van der Waals surface area (Å²) in [4.78, 5) is 25.3. The monoisotopic (exact) mass is 430 g/mol. The van der Waals surface area contributed by atoms with Gasteiger partial charge in [0.2, 0.25) is 0 Å². The van der Waals surface area contributed by atoms with Gasteiger partial charge in [0, 0.05) is 29.2 Å². The molecule has 0 aliphatic carbocycles. The van der Waals surface area contributed by atoms with Crippen molar-refractivity contribution in [1.82, 2.24) is 0 Å². The fourth-order valence-corrected chi connectivity index (χ4v) is 4.11. The lowest BCUT2D eigenvalue weighted by Crippen LogP contribution is -2.22. The molecule has 1 aromatic heterocycles. The second-order valence-corrected chi connectivity index (χ2v) is 7.51. The number of hydrogen-bond donors (Lipinski definition) is 2. The number of methoxy groups -OCH3 is 1. The third-order valence-electron chi connectivity index (χ3n) is 5.59. The first kappa shape index (κ1) is 19.7. The molecule has 1 aliphatic rings. The Balaban J connectivity index is 1.80. The number of hydrogen-bond acceptors (Lipinski definition) is 7. The molecule has 3 aromatic carbocycles. The lowest BCUT2D eigenvalue weighted by atomic mass is 9.85. The van der Waals surface area contributed by atoms with E-state index in [0.29, 0.717) is 11.1 Å². The van der Waals surface area contributed by atoms with E-state index in [1.807, 2.05) is 30.3 Å². The van der Waals surface area contributed by atoms with Crippen LogP contribution in [0.25, 0.3) is 22.3 Å². The molecule has 2 heterocycles. The largest absolute Gasteiger partial charge is 0.507 e. The van der Waals surface area contributed by atoms with Crippen LogP contribution in [0.5, 0.6) is 23.0 Å².